The average Bonchev–Trinajstić information content (AvgIpc) is 3.68. The Bertz CT molecular complexity index is 3230. The largest absolute Gasteiger partial charge is 0.456 e. The maximum atomic E-state index is 6.30. The number of benzene rings is 9. The van der Waals surface area contributed by atoms with Gasteiger partial charge in [-0.05, 0) is 103 Å². The molecule has 0 aliphatic carbocycles. The van der Waals surface area contributed by atoms with Gasteiger partial charge in [0.15, 0.2) is 6.17 Å². The highest BCUT2D eigenvalue weighted by Gasteiger charge is 2.21. The molecule has 278 valence electrons. The molecule has 1 aliphatic rings. The van der Waals surface area contributed by atoms with Crippen molar-refractivity contribution >= 4 is 44.4 Å². The van der Waals surface area contributed by atoms with Crippen molar-refractivity contribution in [2.75, 3.05) is 0 Å². The van der Waals surface area contributed by atoms with Crippen LogP contribution in [0.2, 0.25) is 0 Å². The minimum Gasteiger partial charge on any atom is -0.456 e. The Morgan fingerprint density at radius 1 is 0.322 bits per heavy atom. The molecule has 4 heteroatoms. The molecule has 9 aromatic carbocycles. The standard InChI is InChI=1S/C55H37N3O/c1-3-12-36(13-4-1)37-24-26-39(27-25-37)54-56-53(38-14-5-2-6-15-38)57-55(58-54)48-23-11-22-44(32-48)42-20-9-18-40(30-42)41-19-10-21-43(31-41)47-28-29-51-49(34-47)50-33-45-16-7-8-17-46(45)35-52(50)59-51/h1-35,55H,(H,56,57,58). The Hall–Kier alpha value is -7.82. The van der Waals surface area contributed by atoms with E-state index < -0.39 is 6.17 Å². The SMILES string of the molecule is c1ccc(C2=NC(c3cccc(-c4cccc(-c5cccc(-c6ccc7oc8cc9ccccc9cc8c7c6)c5)c4)c3)N=C(c3ccc(-c4ccccc4)cc3)N2)cc1. The third-order valence-corrected chi connectivity index (χ3v) is 11.3. The van der Waals surface area contributed by atoms with Crippen LogP contribution in [0.3, 0.4) is 0 Å². The van der Waals surface area contributed by atoms with Crippen LogP contribution in [0, 0.1) is 0 Å². The summed E-state index contributed by atoms with van der Waals surface area (Å²) in [4.78, 5) is 10.4. The summed E-state index contributed by atoms with van der Waals surface area (Å²) in [6.45, 7) is 0. The van der Waals surface area contributed by atoms with Crippen LogP contribution in [0.15, 0.2) is 227 Å². The van der Waals surface area contributed by atoms with E-state index in [0.717, 1.165) is 83.7 Å². The van der Waals surface area contributed by atoms with Gasteiger partial charge in [-0.1, -0.05) is 170 Å². The first-order valence-electron chi connectivity index (χ1n) is 20.0. The van der Waals surface area contributed by atoms with Crippen LogP contribution in [0.4, 0.5) is 0 Å². The molecule has 1 atom stereocenters. The molecule has 0 bridgehead atoms. The molecular formula is C55H37N3O. The van der Waals surface area contributed by atoms with Gasteiger partial charge in [0.05, 0.1) is 0 Å². The Labute approximate surface area is 342 Å². The van der Waals surface area contributed by atoms with E-state index in [4.69, 9.17) is 14.4 Å². The highest BCUT2D eigenvalue weighted by atomic mass is 16.3. The predicted molar refractivity (Wildman–Crippen MR) is 245 cm³/mol. The minimum atomic E-state index is -0.418. The van der Waals surface area contributed by atoms with Gasteiger partial charge in [0.1, 0.15) is 22.8 Å². The normalized spacial score (nSPS) is 13.9. The second-order valence-corrected chi connectivity index (χ2v) is 15.1. The zero-order valence-corrected chi connectivity index (χ0v) is 32.1. The number of furan rings is 1. The summed E-state index contributed by atoms with van der Waals surface area (Å²) in [5, 5.41) is 8.21. The molecular weight excluding hydrogens is 719 g/mol. The lowest BCUT2D eigenvalue weighted by atomic mass is 9.95. The molecule has 11 rings (SSSR count). The maximum absolute atomic E-state index is 6.30. The van der Waals surface area contributed by atoms with E-state index in [9.17, 15) is 0 Å². The molecule has 0 amide bonds. The van der Waals surface area contributed by atoms with Crippen molar-refractivity contribution in [3.8, 4) is 44.5 Å². The Morgan fingerprint density at radius 3 is 1.41 bits per heavy atom. The highest BCUT2D eigenvalue weighted by Crippen LogP contribution is 2.37. The molecule has 1 unspecified atom stereocenters. The van der Waals surface area contributed by atoms with Gasteiger partial charge in [-0.25, -0.2) is 9.98 Å². The molecule has 1 aromatic heterocycles. The minimum absolute atomic E-state index is 0.418. The van der Waals surface area contributed by atoms with Gasteiger partial charge in [0.2, 0.25) is 0 Å². The van der Waals surface area contributed by atoms with Gasteiger partial charge in [0, 0.05) is 21.9 Å². The third-order valence-electron chi connectivity index (χ3n) is 11.3. The second kappa shape index (κ2) is 14.6. The number of aliphatic imine (C=N–C) groups is 2. The van der Waals surface area contributed by atoms with Crippen LogP contribution in [-0.4, -0.2) is 11.7 Å². The van der Waals surface area contributed by atoms with Crippen molar-refractivity contribution in [3.63, 3.8) is 0 Å². The smallest absolute Gasteiger partial charge is 0.169 e. The summed E-state index contributed by atoms with van der Waals surface area (Å²) >= 11 is 0. The average molecular weight is 756 g/mol. The zero-order valence-electron chi connectivity index (χ0n) is 32.1. The molecule has 59 heavy (non-hydrogen) atoms. The van der Waals surface area contributed by atoms with Crippen molar-refractivity contribution in [2.24, 2.45) is 9.98 Å². The summed E-state index contributed by atoms with van der Waals surface area (Å²) in [5.41, 5.74) is 14.1. The number of nitrogens with zero attached hydrogens (tertiary/aromatic N) is 2. The van der Waals surface area contributed by atoms with E-state index in [0.29, 0.717) is 0 Å². The van der Waals surface area contributed by atoms with Gasteiger partial charge in [0.25, 0.3) is 0 Å². The quantitative estimate of drug-likeness (QED) is 0.176. The number of hydrogen-bond acceptors (Lipinski definition) is 4. The predicted octanol–water partition coefficient (Wildman–Crippen LogP) is 13.9. The molecule has 10 aromatic rings. The van der Waals surface area contributed by atoms with Crippen molar-refractivity contribution in [1.82, 2.24) is 5.32 Å². The van der Waals surface area contributed by atoms with Crippen molar-refractivity contribution in [3.05, 3.63) is 229 Å². The molecule has 0 spiro atoms. The first-order chi connectivity index (χ1) is 29.2. The number of fused-ring (bicyclic) bond motifs is 4. The summed E-state index contributed by atoms with van der Waals surface area (Å²) < 4.78 is 6.30. The Balaban J connectivity index is 0.913. The number of amidine groups is 2. The fourth-order valence-corrected chi connectivity index (χ4v) is 8.22. The topological polar surface area (TPSA) is 49.9 Å². The summed E-state index contributed by atoms with van der Waals surface area (Å²) in [7, 11) is 0. The fraction of sp³-hybridized carbons (Fsp3) is 0.0182. The lowest BCUT2D eigenvalue weighted by molar-refractivity contribution is 0.669. The van der Waals surface area contributed by atoms with E-state index >= 15 is 0 Å². The second-order valence-electron chi connectivity index (χ2n) is 15.1. The molecule has 2 heterocycles. The number of nitrogens with one attached hydrogen (secondary N) is 1. The monoisotopic (exact) mass is 755 g/mol. The molecule has 0 saturated carbocycles. The van der Waals surface area contributed by atoms with Crippen molar-refractivity contribution in [2.45, 2.75) is 6.17 Å². The van der Waals surface area contributed by atoms with Gasteiger partial charge >= 0.3 is 0 Å². The third kappa shape index (κ3) is 6.67. The van der Waals surface area contributed by atoms with Gasteiger partial charge in [-0.2, -0.15) is 0 Å². The van der Waals surface area contributed by atoms with Crippen LogP contribution in [0.1, 0.15) is 22.9 Å². The molecule has 1 N–H and O–H groups in total. The van der Waals surface area contributed by atoms with Crippen molar-refractivity contribution in [1.29, 1.82) is 0 Å². The fourth-order valence-electron chi connectivity index (χ4n) is 8.22. The molecule has 0 fully saturated rings. The first-order valence-corrected chi connectivity index (χ1v) is 20.0. The molecule has 0 saturated heterocycles. The van der Waals surface area contributed by atoms with Gasteiger partial charge in [-0.15, -0.1) is 0 Å². The summed E-state index contributed by atoms with van der Waals surface area (Å²) in [5.74, 6) is 1.60. The number of rotatable bonds is 7. The highest BCUT2D eigenvalue weighted by molar-refractivity contribution is 6.16. The van der Waals surface area contributed by atoms with E-state index in [1.165, 1.54) is 21.9 Å². The van der Waals surface area contributed by atoms with E-state index in [1.807, 2.05) is 24.3 Å². The van der Waals surface area contributed by atoms with Gasteiger partial charge < -0.3 is 9.73 Å². The Kier molecular flexibility index (Phi) is 8.52. The van der Waals surface area contributed by atoms with Crippen LogP contribution < -0.4 is 5.32 Å². The molecule has 4 nitrogen and oxygen atoms in total. The van der Waals surface area contributed by atoms with Crippen LogP contribution in [0.25, 0.3) is 77.2 Å². The van der Waals surface area contributed by atoms with E-state index in [1.54, 1.807) is 0 Å². The van der Waals surface area contributed by atoms with E-state index in [-0.39, 0.29) is 0 Å². The van der Waals surface area contributed by atoms with E-state index in [2.05, 4.69) is 193 Å². The summed E-state index contributed by atoms with van der Waals surface area (Å²) in [6, 6.07) is 74.9. The Morgan fingerprint density at radius 2 is 0.763 bits per heavy atom. The number of hydrogen-bond donors (Lipinski definition) is 1. The molecule has 1 aliphatic heterocycles. The van der Waals surface area contributed by atoms with Crippen LogP contribution in [-0.2, 0) is 0 Å². The molecule has 0 radical (unpaired) electrons. The maximum Gasteiger partial charge on any atom is 0.169 e. The van der Waals surface area contributed by atoms with Crippen LogP contribution in [0.5, 0.6) is 0 Å². The van der Waals surface area contributed by atoms with Gasteiger partial charge in [-0.3, -0.25) is 0 Å². The lowest BCUT2D eigenvalue weighted by Crippen LogP contribution is -2.36. The summed E-state index contributed by atoms with van der Waals surface area (Å²) in [6.07, 6.45) is -0.418. The first kappa shape index (κ1) is 34.4. The lowest BCUT2D eigenvalue weighted by Gasteiger charge is -2.23. The zero-order chi connectivity index (χ0) is 39.1. The van der Waals surface area contributed by atoms with Crippen LogP contribution >= 0.6 is 0 Å². The van der Waals surface area contributed by atoms with Crippen molar-refractivity contribution < 1.29 is 4.42 Å².